The molecule has 0 saturated carbocycles. The first-order valence-corrected chi connectivity index (χ1v) is 15.0. The van der Waals surface area contributed by atoms with Gasteiger partial charge in [0, 0.05) is 18.1 Å². The zero-order valence-electron chi connectivity index (χ0n) is 22.9. The number of methoxy groups -OCH3 is 1. The molecular formula is C29H33Cl2N3O5S. The molecule has 2 amide bonds. The average molecular weight is 607 g/mol. The van der Waals surface area contributed by atoms with Crippen LogP contribution in [0.4, 0.5) is 5.69 Å². The predicted molar refractivity (Wildman–Crippen MR) is 158 cm³/mol. The monoisotopic (exact) mass is 605 g/mol. The number of nitrogens with one attached hydrogen (secondary N) is 1. The van der Waals surface area contributed by atoms with Gasteiger partial charge < -0.3 is 15.0 Å². The zero-order chi connectivity index (χ0) is 29.4. The molecule has 0 aliphatic rings. The number of nitrogens with zero attached hydrogens (tertiary/aromatic N) is 2. The lowest BCUT2D eigenvalue weighted by atomic mass is 10.1. The molecule has 3 rings (SSSR count). The van der Waals surface area contributed by atoms with Crippen molar-refractivity contribution in [1.82, 2.24) is 10.2 Å². The largest absolute Gasteiger partial charge is 0.495 e. The van der Waals surface area contributed by atoms with E-state index in [0.29, 0.717) is 29.3 Å². The van der Waals surface area contributed by atoms with E-state index in [9.17, 15) is 18.0 Å². The molecule has 0 saturated heterocycles. The Hall–Kier alpha value is -3.27. The van der Waals surface area contributed by atoms with Crippen molar-refractivity contribution in [3.05, 3.63) is 87.9 Å². The molecule has 0 unspecified atom stereocenters. The van der Waals surface area contributed by atoms with Crippen molar-refractivity contribution in [2.24, 2.45) is 0 Å². The zero-order valence-corrected chi connectivity index (χ0v) is 25.2. The Morgan fingerprint density at radius 2 is 1.65 bits per heavy atom. The summed E-state index contributed by atoms with van der Waals surface area (Å²) in [6, 6.07) is 17.0. The maximum atomic E-state index is 14.0. The third-order valence-electron chi connectivity index (χ3n) is 6.35. The van der Waals surface area contributed by atoms with Crippen LogP contribution in [0.15, 0.2) is 71.6 Å². The first-order chi connectivity index (χ1) is 19.0. The van der Waals surface area contributed by atoms with E-state index in [0.717, 1.165) is 9.87 Å². The average Bonchev–Trinajstić information content (AvgIpc) is 2.92. The predicted octanol–water partition coefficient (Wildman–Crippen LogP) is 5.45. The quantitative estimate of drug-likeness (QED) is 0.296. The summed E-state index contributed by atoms with van der Waals surface area (Å²) in [4.78, 5) is 28.4. The number of anilines is 1. The Morgan fingerprint density at radius 1 is 0.975 bits per heavy atom. The van der Waals surface area contributed by atoms with Gasteiger partial charge in [0.05, 0.1) is 22.7 Å². The lowest BCUT2D eigenvalue weighted by molar-refractivity contribution is -0.140. The summed E-state index contributed by atoms with van der Waals surface area (Å²) >= 11 is 12.8. The van der Waals surface area contributed by atoms with Crippen molar-refractivity contribution in [3.8, 4) is 5.75 Å². The lowest BCUT2D eigenvalue weighted by Gasteiger charge is -2.33. The smallest absolute Gasteiger partial charge is 0.264 e. The van der Waals surface area contributed by atoms with Crippen LogP contribution >= 0.6 is 23.2 Å². The Morgan fingerprint density at radius 3 is 2.23 bits per heavy atom. The van der Waals surface area contributed by atoms with Gasteiger partial charge in [-0.25, -0.2) is 8.42 Å². The maximum absolute atomic E-state index is 14.0. The van der Waals surface area contributed by atoms with Gasteiger partial charge in [0.15, 0.2) is 0 Å². The topological polar surface area (TPSA) is 96.0 Å². The molecule has 0 fully saturated rings. The fourth-order valence-electron chi connectivity index (χ4n) is 4.20. The van der Waals surface area contributed by atoms with Crippen molar-refractivity contribution in [2.75, 3.05) is 24.5 Å². The first-order valence-electron chi connectivity index (χ1n) is 12.8. The van der Waals surface area contributed by atoms with E-state index in [1.807, 2.05) is 6.92 Å². The number of hydrogen-bond donors (Lipinski definition) is 1. The van der Waals surface area contributed by atoms with Crippen LogP contribution in [0, 0.1) is 6.92 Å². The summed E-state index contributed by atoms with van der Waals surface area (Å²) in [5.74, 6) is -0.571. The van der Waals surface area contributed by atoms with Crippen molar-refractivity contribution >= 4 is 50.7 Å². The van der Waals surface area contributed by atoms with Gasteiger partial charge in [-0.15, -0.1) is 0 Å². The molecule has 0 heterocycles. The number of carbonyl (C=O) groups excluding carboxylic acids is 2. The molecule has 0 aliphatic carbocycles. The highest BCUT2D eigenvalue weighted by atomic mass is 35.5. The molecule has 40 heavy (non-hydrogen) atoms. The second kappa shape index (κ2) is 13.9. The molecule has 11 heteroatoms. The van der Waals surface area contributed by atoms with E-state index in [1.165, 1.54) is 42.3 Å². The van der Waals surface area contributed by atoms with E-state index in [1.54, 1.807) is 50.2 Å². The van der Waals surface area contributed by atoms with Crippen molar-refractivity contribution < 1.29 is 22.7 Å². The van der Waals surface area contributed by atoms with Gasteiger partial charge in [0.2, 0.25) is 11.8 Å². The summed E-state index contributed by atoms with van der Waals surface area (Å²) in [6.45, 7) is 5.22. The highest BCUT2D eigenvalue weighted by molar-refractivity contribution is 7.92. The molecule has 8 nitrogen and oxygen atoms in total. The summed E-state index contributed by atoms with van der Waals surface area (Å²) in [5.41, 5.74) is 1.68. The molecular weight excluding hydrogens is 573 g/mol. The van der Waals surface area contributed by atoms with Gasteiger partial charge in [-0.2, -0.15) is 0 Å². The number of benzene rings is 3. The van der Waals surface area contributed by atoms with Gasteiger partial charge in [0.1, 0.15) is 18.3 Å². The molecule has 0 spiro atoms. The maximum Gasteiger partial charge on any atom is 0.264 e. The normalized spacial score (nSPS) is 11.9. The summed E-state index contributed by atoms with van der Waals surface area (Å²) < 4.78 is 34.1. The van der Waals surface area contributed by atoms with Crippen LogP contribution in [0.25, 0.3) is 0 Å². The lowest BCUT2D eigenvalue weighted by Crippen LogP contribution is -2.52. The SMILES string of the molecule is CCNC(=O)[C@@H](CC)N(Cc1ccccc1Cl)C(=O)CN(c1ccc(OC)c(Cl)c1)S(=O)(=O)c1ccc(C)cc1. The molecule has 3 aromatic rings. The van der Waals surface area contributed by atoms with E-state index in [-0.39, 0.29) is 28.1 Å². The van der Waals surface area contributed by atoms with Crippen molar-refractivity contribution in [3.63, 3.8) is 0 Å². The minimum absolute atomic E-state index is 0.00580. The fourth-order valence-corrected chi connectivity index (χ4v) is 6.05. The van der Waals surface area contributed by atoms with Crippen LogP contribution < -0.4 is 14.4 Å². The van der Waals surface area contributed by atoms with E-state index in [4.69, 9.17) is 27.9 Å². The number of hydrogen-bond acceptors (Lipinski definition) is 5. The number of sulfonamides is 1. The highest BCUT2D eigenvalue weighted by Crippen LogP contribution is 2.32. The number of ether oxygens (including phenoxy) is 1. The van der Waals surface area contributed by atoms with Gasteiger partial charge >= 0.3 is 0 Å². The Kier molecular flexibility index (Phi) is 10.8. The number of carbonyl (C=O) groups is 2. The number of aryl methyl sites for hydroxylation is 1. The molecule has 214 valence electrons. The molecule has 0 bridgehead atoms. The van der Waals surface area contributed by atoms with E-state index in [2.05, 4.69) is 5.32 Å². The number of amides is 2. The van der Waals surface area contributed by atoms with Crippen LogP contribution in [0.3, 0.4) is 0 Å². The Balaban J connectivity index is 2.11. The number of halogens is 2. The molecule has 1 N–H and O–H groups in total. The highest BCUT2D eigenvalue weighted by Gasteiger charge is 2.34. The van der Waals surface area contributed by atoms with Gasteiger partial charge in [-0.05, 0) is 62.2 Å². The van der Waals surface area contributed by atoms with E-state index < -0.39 is 28.5 Å². The van der Waals surface area contributed by atoms with E-state index >= 15 is 0 Å². The molecule has 1 atom stereocenters. The van der Waals surface area contributed by atoms with Gasteiger partial charge in [-0.1, -0.05) is 66.0 Å². The Bertz CT molecular complexity index is 1450. The minimum Gasteiger partial charge on any atom is -0.495 e. The van der Waals surface area contributed by atoms with Crippen molar-refractivity contribution in [1.29, 1.82) is 0 Å². The van der Waals surface area contributed by atoms with Crippen molar-refractivity contribution in [2.45, 2.75) is 44.7 Å². The Labute approximate surface area is 245 Å². The van der Waals surface area contributed by atoms with Gasteiger partial charge in [0.25, 0.3) is 10.0 Å². The first kappa shape index (κ1) is 31.3. The van der Waals surface area contributed by atoms with Gasteiger partial charge in [-0.3, -0.25) is 13.9 Å². The van der Waals surface area contributed by atoms with Crippen LogP contribution in [-0.4, -0.2) is 51.4 Å². The summed E-state index contributed by atoms with van der Waals surface area (Å²) in [5, 5.41) is 3.38. The molecule has 0 aliphatic heterocycles. The molecule has 0 aromatic heterocycles. The van der Waals surface area contributed by atoms with Crippen LogP contribution in [-0.2, 0) is 26.2 Å². The fraction of sp³-hybridized carbons (Fsp3) is 0.310. The standard InChI is InChI=1S/C29H33Cl2N3O5S/c1-5-26(29(36)32-6-2)33(18-21-9-7-8-10-24(21)30)28(35)19-34(22-13-16-27(39-4)25(31)17-22)40(37,38)23-14-11-20(3)12-15-23/h7-17,26H,5-6,18-19H2,1-4H3,(H,32,36)/t26-/m1/s1. The van der Waals surface area contributed by atoms with Crippen LogP contribution in [0.5, 0.6) is 5.75 Å². The van der Waals surface area contributed by atoms with Crippen LogP contribution in [0.1, 0.15) is 31.4 Å². The minimum atomic E-state index is -4.22. The third kappa shape index (κ3) is 7.27. The second-order valence-corrected chi connectivity index (χ2v) is 11.8. The number of rotatable bonds is 12. The third-order valence-corrected chi connectivity index (χ3v) is 8.80. The summed E-state index contributed by atoms with van der Waals surface area (Å²) in [7, 11) is -2.77. The number of likely N-dealkylation sites (N-methyl/N-ethyl adjacent to an activating group) is 1. The second-order valence-electron chi connectivity index (χ2n) is 9.08. The molecule has 3 aromatic carbocycles. The summed E-state index contributed by atoms with van der Waals surface area (Å²) in [6.07, 6.45) is 0.307. The molecule has 0 radical (unpaired) electrons. The van der Waals surface area contributed by atoms with Crippen LogP contribution in [0.2, 0.25) is 10.0 Å².